The fourth-order valence-electron chi connectivity index (χ4n) is 0. The molecule has 67 valence electrons. The molecule has 0 heterocycles. The Labute approximate surface area is 78.4 Å². The van der Waals surface area contributed by atoms with Crippen LogP contribution < -0.4 is 0 Å². The molecule has 0 spiro atoms. The van der Waals surface area contributed by atoms with E-state index >= 15 is 0 Å². The quantitative estimate of drug-likeness (QED) is 0.422. The molecule has 0 aliphatic heterocycles. The van der Waals surface area contributed by atoms with Crippen LogP contribution in [0, 0.1) is 0 Å². The van der Waals surface area contributed by atoms with E-state index in [4.69, 9.17) is 34.3 Å². The van der Waals surface area contributed by atoms with Crippen molar-refractivity contribution >= 4 is 29.1 Å². The van der Waals surface area contributed by atoms with Crippen LogP contribution in [0.5, 0.6) is 0 Å². The van der Waals surface area contributed by atoms with E-state index in [0.717, 1.165) is 0 Å². The van der Waals surface area contributed by atoms with Crippen LogP contribution in [0.3, 0.4) is 0 Å². The molecule has 6 heteroatoms. The summed E-state index contributed by atoms with van der Waals surface area (Å²) < 4.78 is 0. The zero-order valence-electron chi connectivity index (χ0n) is 5.84. The van der Waals surface area contributed by atoms with Crippen molar-refractivity contribution in [2.45, 2.75) is 26.4 Å². The third-order valence-corrected chi connectivity index (χ3v) is 0.274. The SMILES string of the molecule is CC(C)(C)OO.[Cl][Ru]([Cl])[Cl]. The second-order valence-electron chi connectivity index (χ2n) is 2.36. The number of hydrogen-bond donors (Lipinski definition) is 1. The minimum absolute atomic E-state index is 0.403. The average molecular weight is 298 g/mol. The van der Waals surface area contributed by atoms with Gasteiger partial charge >= 0.3 is 42.1 Å². The van der Waals surface area contributed by atoms with Gasteiger partial charge in [0, 0.05) is 0 Å². The first-order chi connectivity index (χ1) is 4.29. The molecule has 0 fully saturated rings. The Kier molecular flexibility index (Phi) is 9.89. The summed E-state index contributed by atoms with van der Waals surface area (Å²) in [6, 6.07) is 0. The molecule has 0 aromatic heterocycles. The summed E-state index contributed by atoms with van der Waals surface area (Å²) in [5.41, 5.74) is -0.403. The van der Waals surface area contributed by atoms with Crippen LogP contribution in [0.15, 0.2) is 0 Å². The topological polar surface area (TPSA) is 29.5 Å². The van der Waals surface area contributed by atoms with Gasteiger partial charge in [-0.25, -0.2) is 4.89 Å². The van der Waals surface area contributed by atoms with Crippen LogP contribution in [-0.2, 0) is 17.9 Å². The van der Waals surface area contributed by atoms with E-state index < -0.39 is 18.6 Å². The Morgan fingerprint density at radius 1 is 1.20 bits per heavy atom. The number of hydrogen-bond acceptors (Lipinski definition) is 2. The molecule has 0 bridgehead atoms. The van der Waals surface area contributed by atoms with Gasteiger partial charge in [-0.2, -0.15) is 0 Å². The van der Waals surface area contributed by atoms with Crippen molar-refractivity contribution in [3.63, 3.8) is 0 Å². The fraction of sp³-hybridized carbons (Fsp3) is 1.00. The summed E-state index contributed by atoms with van der Waals surface area (Å²) in [6.07, 6.45) is 0. The van der Waals surface area contributed by atoms with Crippen molar-refractivity contribution in [1.82, 2.24) is 0 Å². The van der Waals surface area contributed by atoms with Crippen LogP contribution in [0.1, 0.15) is 20.8 Å². The summed E-state index contributed by atoms with van der Waals surface area (Å²) in [4.78, 5) is 3.94. The van der Waals surface area contributed by atoms with Crippen molar-refractivity contribution in [1.29, 1.82) is 0 Å². The molecule has 0 aromatic carbocycles. The molecule has 0 saturated carbocycles. The molecule has 0 aliphatic rings. The van der Waals surface area contributed by atoms with E-state index in [2.05, 4.69) is 4.89 Å². The Morgan fingerprint density at radius 2 is 1.30 bits per heavy atom. The van der Waals surface area contributed by atoms with Crippen LogP contribution >= 0.6 is 29.1 Å². The van der Waals surface area contributed by atoms with Gasteiger partial charge in [0.25, 0.3) is 0 Å². The molecular formula is C4H10Cl3O2Ru. The van der Waals surface area contributed by atoms with Gasteiger partial charge in [-0.1, -0.05) is 0 Å². The fourth-order valence-corrected chi connectivity index (χ4v) is 0. The second kappa shape index (κ2) is 7.08. The molecule has 0 rings (SSSR count). The van der Waals surface area contributed by atoms with Crippen molar-refractivity contribution in [3.8, 4) is 0 Å². The Balaban J connectivity index is 0. The molecule has 0 aliphatic carbocycles. The van der Waals surface area contributed by atoms with Gasteiger partial charge < -0.3 is 0 Å². The van der Waals surface area contributed by atoms with Crippen molar-refractivity contribution in [2.75, 3.05) is 0 Å². The van der Waals surface area contributed by atoms with Crippen LogP contribution in [0.2, 0.25) is 0 Å². The van der Waals surface area contributed by atoms with E-state index in [1.165, 1.54) is 0 Å². The first-order valence-corrected chi connectivity index (χ1v) is 9.00. The van der Waals surface area contributed by atoms with Gasteiger partial charge in [-0.05, 0) is 20.8 Å². The zero-order valence-corrected chi connectivity index (χ0v) is 9.85. The average Bonchev–Trinajstić information content (AvgIpc) is 1.63. The van der Waals surface area contributed by atoms with E-state index in [1.807, 2.05) is 0 Å². The summed E-state index contributed by atoms with van der Waals surface area (Å²) in [5, 5.41) is 7.90. The third kappa shape index (κ3) is 34.2. The molecule has 0 atom stereocenters. The van der Waals surface area contributed by atoms with Gasteiger partial charge in [-0.3, -0.25) is 5.26 Å². The van der Waals surface area contributed by atoms with Gasteiger partial charge in [0.15, 0.2) is 0 Å². The van der Waals surface area contributed by atoms with Crippen molar-refractivity contribution in [3.05, 3.63) is 0 Å². The van der Waals surface area contributed by atoms with Gasteiger partial charge in [0.05, 0.1) is 5.60 Å². The monoisotopic (exact) mass is 297 g/mol. The van der Waals surface area contributed by atoms with E-state index in [1.54, 1.807) is 20.8 Å². The summed E-state index contributed by atoms with van der Waals surface area (Å²) in [6.45, 7) is 5.31. The molecule has 0 amide bonds. The number of rotatable bonds is 0. The molecule has 0 radical (unpaired) electrons. The van der Waals surface area contributed by atoms with Crippen LogP contribution in [0.4, 0.5) is 0 Å². The van der Waals surface area contributed by atoms with Gasteiger partial charge in [0.1, 0.15) is 0 Å². The number of halogens is 3. The predicted octanol–water partition coefficient (Wildman–Crippen LogP) is 3.34. The van der Waals surface area contributed by atoms with Crippen molar-refractivity contribution < 1.29 is 23.1 Å². The predicted molar refractivity (Wildman–Crippen MR) is 41.0 cm³/mol. The van der Waals surface area contributed by atoms with Gasteiger partial charge in [-0.15, -0.1) is 0 Å². The minimum atomic E-state index is -1.75. The molecule has 1 N–H and O–H groups in total. The normalized spacial score (nSPS) is 11.7. The summed E-state index contributed by atoms with van der Waals surface area (Å²) in [5.74, 6) is 0. The van der Waals surface area contributed by atoms with E-state index in [9.17, 15) is 0 Å². The van der Waals surface area contributed by atoms with Crippen molar-refractivity contribution in [2.24, 2.45) is 0 Å². The third-order valence-electron chi connectivity index (χ3n) is 0.274. The van der Waals surface area contributed by atoms with E-state index in [0.29, 0.717) is 0 Å². The molecule has 10 heavy (non-hydrogen) atoms. The Bertz CT molecular complexity index is 70.6. The molecule has 2 nitrogen and oxygen atoms in total. The first kappa shape index (κ1) is 14.0. The van der Waals surface area contributed by atoms with Crippen LogP contribution in [-0.4, -0.2) is 10.9 Å². The van der Waals surface area contributed by atoms with E-state index in [-0.39, 0.29) is 0 Å². The summed E-state index contributed by atoms with van der Waals surface area (Å²) >= 11 is -1.75. The molecule has 0 aromatic rings. The first-order valence-electron chi connectivity index (χ1n) is 2.29. The molecule has 0 saturated heterocycles. The Hall–Kier alpha value is 1.41. The van der Waals surface area contributed by atoms with Crippen LogP contribution in [0.25, 0.3) is 0 Å². The Morgan fingerprint density at radius 3 is 1.30 bits per heavy atom. The molecular weight excluding hydrogens is 287 g/mol. The maximum absolute atomic E-state index is 7.90. The zero-order chi connectivity index (χ0) is 8.78. The molecule has 0 unspecified atom stereocenters. The maximum atomic E-state index is 7.90. The standard InChI is InChI=1S/C4H10O2.3ClH.Ru/c1-4(2,3)6-5;;;;/h5H,1-3H3;3*1H;/q;;;;+3/p-3. The summed E-state index contributed by atoms with van der Waals surface area (Å²) in [7, 11) is 14.8. The second-order valence-corrected chi connectivity index (χ2v) is 10.3. The van der Waals surface area contributed by atoms with Gasteiger partial charge in [0.2, 0.25) is 0 Å².